The second-order valence-electron chi connectivity index (χ2n) is 3.74. The first-order valence-corrected chi connectivity index (χ1v) is 4.92. The average molecular weight is 176 g/mol. The molecule has 1 heterocycles. The van der Waals surface area contributed by atoms with Gasteiger partial charge in [-0.05, 0) is 43.5 Å². The molecule has 1 aromatic carbocycles. The molecule has 2 rings (SSSR count). The molecule has 0 spiro atoms. The minimum Gasteiger partial charge on any atom is -0.399 e. The first-order chi connectivity index (χ1) is 6.34. The van der Waals surface area contributed by atoms with Crippen LogP contribution in [0.1, 0.15) is 18.4 Å². The lowest BCUT2D eigenvalue weighted by Gasteiger charge is -2.09. The lowest BCUT2D eigenvalue weighted by molar-refractivity contribution is 0.603. The normalized spacial score (nSPS) is 22.0. The highest BCUT2D eigenvalue weighted by molar-refractivity contribution is 5.39. The van der Waals surface area contributed by atoms with Gasteiger partial charge < -0.3 is 11.1 Å². The highest BCUT2D eigenvalue weighted by atomic mass is 14.9. The Morgan fingerprint density at radius 2 is 2.08 bits per heavy atom. The second-order valence-corrected chi connectivity index (χ2v) is 3.74. The molecule has 2 heteroatoms. The van der Waals surface area contributed by atoms with E-state index in [2.05, 4.69) is 17.4 Å². The summed E-state index contributed by atoms with van der Waals surface area (Å²) < 4.78 is 0. The Kier molecular flexibility index (Phi) is 2.50. The van der Waals surface area contributed by atoms with Crippen molar-refractivity contribution in [2.45, 2.75) is 25.3 Å². The first kappa shape index (κ1) is 8.57. The quantitative estimate of drug-likeness (QED) is 0.671. The van der Waals surface area contributed by atoms with Gasteiger partial charge in [-0.2, -0.15) is 0 Å². The van der Waals surface area contributed by atoms with Crippen LogP contribution in [0.25, 0.3) is 0 Å². The summed E-state index contributed by atoms with van der Waals surface area (Å²) in [6.07, 6.45) is 3.77. The smallest absolute Gasteiger partial charge is 0.0314 e. The fraction of sp³-hybridized carbons (Fsp3) is 0.455. The molecule has 0 aromatic heterocycles. The molecule has 70 valence electrons. The van der Waals surface area contributed by atoms with Gasteiger partial charge in [0, 0.05) is 11.7 Å². The minimum absolute atomic E-state index is 0.684. The Bertz CT molecular complexity index is 260. The number of nitrogens with one attached hydrogen (secondary N) is 1. The molecule has 0 aliphatic carbocycles. The van der Waals surface area contributed by atoms with Gasteiger partial charge in [0.05, 0.1) is 0 Å². The molecule has 0 saturated carbocycles. The van der Waals surface area contributed by atoms with Gasteiger partial charge >= 0.3 is 0 Å². The third-order valence-electron chi connectivity index (χ3n) is 2.62. The summed E-state index contributed by atoms with van der Waals surface area (Å²) in [5, 5.41) is 3.49. The average Bonchev–Trinajstić information content (AvgIpc) is 2.62. The predicted molar refractivity (Wildman–Crippen MR) is 55.6 cm³/mol. The highest BCUT2D eigenvalue weighted by Crippen LogP contribution is 2.13. The second kappa shape index (κ2) is 3.79. The standard InChI is InChI=1S/C11H16N2/c12-10-5-3-9(4-6-10)8-11-2-1-7-13-11/h3-6,11,13H,1-2,7-8,12H2. The summed E-state index contributed by atoms with van der Waals surface area (Å²) in [5.74, 6) is 0. The number of nitrogens with two attached hydrogens (primary N) is 1. The van der Waals surface area contributed by atoms with Crippen LogP contribution in [0.2, 0.25) is 0 Å². The molecule has 1 aromatic rings. The zero-order valence-corrected chi connectivity index (χ0v) is 7.79. The molecule has 3 N–H and O–H groups in total. The maximum atomic E-state index is 5.62. The van der Waals surface area contributed by atoms with E-state index in [-0.39, 0.29) is 0 Å². The highest BCUT2D eigenvalue weighted by Gasteiger charge is 2.13. The molecule has 0 amide bonds. The van der Waals surface area contributed by atoms with Crippen molar-refractivity contribution in [1.82, 2.24) is 5.32 Å². The Hall–Kier alpha value is -1.02. The van der Waals surface area contributed by atoms with Crippen molar-refractivity contribution in [3.8, 4) is 0 Å². The third-order valence-corrected chi connectivity index (χ3v) is 2.62. The summed E-state index contributed by atoms with van der Waals surface area (Å²) in [7, 11) is 0. The van der Waals surface area contributed by atoms with Gasteiger partial charge in [0.15, 0.2) is 0 Å². The Balaban J connectivity index is 1.97. The van der Waals surface area contributed by atoms with E-state index in [0.717, 1.165) is 12.1 Å². The summed E-state index contributed by atoms with van der Waals surface area (Å²) in [4.78, 5) is 0. The van der Waals surface area contributed by atoms with E-state index in [4.69, 9.17) is 5.73 Å². The molecule has 13 heavy (non-hydrogen) atoms. The molecule has 1 aliphatic heterocycles. The molecule has 0 radical (unpaired) electrons. The van der Waals surface area contributed by atoms with Crippen molar-refractivity contribution in [3.63, 3.8) is 0 Å². The maximum Gasteiger partial charge on any atom is 0.0314 e. The molecule has 0 bridgehead atoms. The van der Waals surface area contributed by atoms with Crippen LogP contribution in [0.5, 0.6) is 0 Å². The fourth-order valence-corrected chi connectivity index (χ4v) is 1.87. The van der Waals surface area contributed by atoms with Crippen molar-refractivity contribution in [1.29, 1.82) is 0 Å². The summed E-state index contributed by atoms with van der Waals surface area (Å²) in [6.45, 7) is 1.18. The maximum absolute atomic E-state index is 5.62. The van der Waals surface area contributed by atoms with Crippen molar-refractivity contribution >= 4 is 5.69 Å². The van der Waals surface area contributed by atoms with E-state index in [0.29, 0.717) is 6.04 Å². The Morgan fingerprint density at radius 3 is 2.69 bits per heavy atom. The largest absolute Gasteiger partial charge is 0.399 e. The van der Waals surface area contributed by atoms with E-state index in [1.54, 1.807) is 0 Å². The molecule has 1 fully saturated rings. The van der Waals surface area contributed by atoms with Gasteiger partial charge in [-0.25, -0.2) is 0 Å². The van der Waals surface area contributed by atoms with Gasteiger partial charge in [-0.1, -0.05) is 12.1 Å². The number of hydrogen-bond donors (Lipinski definition) is 2. The summed E-state index contributed by atoms with van der Waals surface area (Å²) in [5.41, 5.74) is 7.85. The van der Waals surface area contributed by atoms with Crippen LogP contribution >= 0.6 is 0 Å². The van der Waals surface area contributed by atoms with Gasteiger partial charge in [0.25, 0.3) is 0 Å². The van der Waals surface area contributed by atoms with E-state index in [1.807, 2.05) is 12.1 Å². The van der Waals surface area contributed by atoms with Crippen LogP contribution < -0.4 is 11.1 Å². The number of hydrogen-bond acceptors (Lipinski definition) is 2. The van der Waals surface area contributed by atoms with E-state index in [9.17, 15) is 0 Å². The van der Waals surface area contributed by atoms with Gasteiger partial charge in [0.1, 0.15) is 0 Å². The van der Waals surface area contributed by atoms with Crippen LogP contribution in [0.3, 0.4) is 0 Å². The Morgan fingerprint density at radius 1 is 1.31 bits per heavy atom. The van der Waals surface area contributed by atoms with Crippen LogP contribution in [0.4, 0.5) is 5.69 Å². The van der Waals surface area contributed by atoms with Gasteiger partial charge in [-0.15, -0.1) is 0 Å². The number of benzene rings is 1. The number of nitrogen functional groups attached to an aromatic ring is 1. The molecule has 1 atom stereocenters. The monoisotopic (exact) mass is 176 g/mol. The van der Waals surface area contributed by atoms with Crippen LogP contribution in [0, 0.1) is 0 Å². The van der Waals surface area contributed by atoms with Crippen molar-refractivity contribution in [2.75, 3.05) is 12.3 Å². The molecule has 1 saturated heterocycles. The van der Waals surface area contributed by atoms with Crippen LogP contribution in [-0.2, 0) is 6.42 Å². The van der Waals surface area contributed by atoms with Crippen LogP contribution in [0.15, 0.2) is 24.3 Å². The molecular weight excluding hydrogens is 160 g/mol. The number of rotatable bonds is 2. The van der Waals surface area contributed by atoms with E-state index in [1.165, 1.54) is 24.9 Å². The SMILES string of the molecule is Nc1ccc(CC2CCCN2)cc1. The summed E-state index contributed by atoms with van der Waals surface area (Å²) in [6, 6.07) is 8.88. The van der Waals surface area contributed by atoms with Crippen molar-refractivity contribution in [2.24, 2.45) is 0 Å². The summed E-state index contributed by atoms with van der Waals surface area (Å²) >= 11 is 0. The lowest BCUT2D eigenvalue weighted by atomic mass is 10.0. The minimum atomic E-state index is 0.684. The van der Waals surface area contributed by atoms with E-state index < -0.39 is 0 Å². The molecule has 2 nitrogen and oxygen atoms in total. The molecular formula is C11H16N2. The zero-order valence-electron chi connectivity index (χ0n) is 7.79. The van der Waals surface area contributed by atoms with E-state index >= 15 is 0 Å². The predicted octanol–water partition coefficient (Wildman–Crippen LogP) is 1.56. The topological polar surface area (TPSA) is 38.0 Å². The first-order valence-electron chi connectivity index (χ1n) is 4.92. The molecule has 1 unspecified atom stereocenters. The van der Waals surface area contributed by atoms with Crippen molar-refractivity contribution < 1.29 is 0 Å². The Labute approximate surface area is 79.1 Å². The number of anilines is 1. The van der Waals surface area contributed by atoms with Crippen LogP contribution in [-0.4, -0.2) is 12.6 Å². The lowest BCUT2D eigenvalue weighted by Crippen LogP contribution is -2.23. The fourth-order valence-electron chi connectivity index (χ4n) is 1.87. The third kappa shape index (κ3) is 2.22. The van der Waals surface area contributed by atoms with Gasteiger partial charge in [-0.3, -0.25) is 0 Å². The van der Waals surface area contributed by atoms with Gasteiger partial charge in [0.2, 0.25) is 0 Å². The van der Waals surface area contributed by atoms with Crippen molar-refractivity contribution in [3.05, 3.63) is 29.8 Å². The molecule has 1 aliphatic rings. The zero-order chi connectivity index (χ0) is 9.10.